The van der Waals surface area contributed by atoms with Crippen molar-refractivity contribution in [1.29, 1.82) is 0 Å². The molecular formula is C21H20BrN4O3+. The first kappa shape index (κ1) is 19.4. The molecule has 0 fully saturated rings. The third-order valence-electron chi connectivity index (χ3n) is 5.13. The van der Waals surface area contributed by atoms with Crippen LogP contribution in [0, 0.1) is 5.92 Å². The van der Waals surface area contributed by atoms with Gasteiger partial charge >= 0.3 is 11.9 Å². The van der Waals surface area contributed by atoms with Gasteiger partial charge in [0.2, 0.25) is 5.82 Å². The van der Waals surface area contributed by atoms with Crippen LogP contribution in [-0.4, -0.2) is 43.3 Å². The number of allylic oxidation sites excluding steroid dienone is 3. The summed E-state index contributed by atoms with van der Waals surface area (Å²) in [5.74, 6) is 0.0675. The molecule has 3 amide bonds. The molecule has 2 aromatic rings. The molecule has 148 valence electrons. The summed E-state index contributed by atoms with van der Waals surface area (Å²) in [4.78, 5) is 31.9. The maximum Gasteiger partial charge on any atom is 0.501 e. The summed E-state index contributed by atoms with van der Waals surface area (Å²) in [7, 11) is 0. The van der Waals surface area contributed by atoms with Crippen molar-refractivity contribution >= 4 is 33.6 Å². The average molecular weight is 456 g/mol. The average Bonchev–Trinajstić information content (AvgIpc) is 3.20. The Balaban J connectivity index is 1.69. The molecule has 29 heavy (non-hydrogen) atoms. The van der Waals surface area contributed by atoms with Crippen LogP contribution in [0.2, 0.25) is 0 Å². The van der Waals surface area contributed by atoms with Crippen molar-refractivity contribution in [3.63, 3.8) is 0 Å². The summed E-state index contributed by atoms with van der Waals surface area (Å²) in [5.41, 5.74) is 1.44. The second-order valence-electron chi connectivity index (χ2n) is 7.00. The molecule has 0 spiro atoms. The number of rotatable bonds is 5. The molecule has 2 aliphatic rings. The van der Waals surface area contributed by atoms with Gasteiger partial charge in [0.1, 0.15) is 17.7 Å². The normalized spacial score (nSPS) is 19.7. The molecule has 1 aliphatic heterocycles. The van der Waals surface area contributed by atoms with E-state index in [0.29, 0.717) is 23.8 Å². The van der Waals surface area contributed by atoms with Crippen molar-refractivity contribution in [2.24, 2.45) is 5.92 Å². The van der Waals surface area contributed by atoms with Gasteiger partial charge in [-0.05, 0) is 31.6 Å². The fourth-order valence-corrected chi connectivity index (χ4v) is 3.83. The molecular weight excluding hydrogens is 436 g/mol. The molecule has 0 saturated carbocycles. The first-order valence-corrected chi connectivity index (χ1v) is 10.2. The number of carbonyl (C=O) groups is 2. The highest BCUT2D eigenvalue weighted by molar-refractivity contribution is 9.10. The molecule has 1 aliphatic carbocycles. The monoisotopic (exact) mass is 455 g/mol. The smallest absolute Gasteiger partial charge is 0.335 e. The minimum atomic E-state index is -0.487. The molecule has 1 aromatic carbocycles. The van der Waals surface area contributed by atoms with Gasteiger partial charge in [0, 0.05) is 10.0 Å². The Bertz CT molecular complexity index is 1070. The number of carbonyl (C=O) groups excluding carboxylic acids is 2. The van der Waals surface area contributed by atoms with Crippen LogP contribution in [0.15, 0.2) is 57.6 Å². The highest BCUT2D eigenvalue weighted by Gasteiger charge is 2.48. The summed E-state index contributed by atoms with van der Waals surface area (Å²) < 4.78 is 7.87. The summed E-state index contributed by atoms with van der Waals surface area (Å²) in [6.45, 7) is 3.93. The van der Waals surface area contributed by atoms with Gasteiger partial charge in [0.25, 0.3) is 5.89 Å². The fraction of sp³-hybridized carbons (Fsp3) is 0.286. The van der Waals surface area contributed by atoms with Gasteiger partial charge in [-0.15, -0.1) is 0 Å². The van der Waals surface area contributed by atoms with Gasteiger partial charge in [-0.2, -0.15) is 19.3 Å². The predicted molar refractivity (Wildman–Crippen MR) is 110 cm³/mol. The van der Waals surface area contributed by atoms with Crippen LogP contribution in [0.4, 0.5) is 4.79 Å². The van der Waals surface area contributed by atoms with E-state index in [9.17, 15) is 9.59 Å². The van der Waals surface area contributed by atoms with E-state index in [1.807, 2.05) is 56.3 Å². The molecule has 2 atom stereocenters. The first-order valence-electron chi connectivity index (χ1n) is 9.44. The summed E-state index contributed by atoms with van der Waals surface area (Å²) in [6, 6.07) is 7.02. The van der Waals surface area contributed by atoms with Crippen molar-refractivity contribution in [2.45, 2.75) is 32.9 Å². The Morgan fingerprint density at radius 2 is 2.14 bits per heavy atom. The van der Waals surface area contributed by atoms with Crippen molar-refractivity contribution in [1.82, 2.24) is 15.0 Å². The molecule has 2 heterocycles. The van der Waals surface area contributed by atoms with E-state index in [1.165, 1.54) is 4.90 Å². The molecule has 1 aromatic heterocycles. The van der Waals surface area contributed by atoms with Crippen molar-refractivity contribution < 1.29 is 18.7 Å². The third kappa shape index (κ3) is 3.60. The van der Waals surface area contributed by atoms with Crippen LogP contribution in [0.3, 0.4) is 0 Å². The largest absolute Gasteiger partial charge is 0.501 e. The van der Waals surface area contributed by atoms with Gasteiger partial charge in [-0.3, -0.25) is 0 Å². The summed E-state index contributed by atoms with van der Waals surface area (Å²) in [5, 5.41) is 4.04. The van der Waals surface area contributed by atoms with E-state index in [0.717, 1.165) is 10.0 Å². The highest BCUT2D eigenvalue weighted by Crippen LogP contribution is 2.24. The second-order valence-corrected chi connectivity index (χ2v) is 7.92. The molecule has 0 radical (unpaired) electrons. The molecule has 0 bridgehead atoms. The minimum Gasteiger partial charge on any atom is -0.335 e. The predicted octanol–water partition coefficient (Wildman–Crippen LogP) is 3.96. The molecule has 2 unspecified atom stereocenters. The van der Waals surface area contributed by atoms with Gasteiger partial charge < -0.3 is 4.52 Å². The number of benzene rings is 1. The number of hydrogen-bond donors (Lipinski definition) is 0. The Morgan fingerprint density at radius 1 is 1.31 bits per heavy atom. The SMILES string of the molecule is CCC(C)N1C(=O)C2C=CC=CC2=[N+](Cc2nc(-c3cccc(Br)c3)no2)C1=O. The van der Waals surface area contributed by atoms with E-state index in [1.54, 1.807) is 10.7 Å². The van der Waals surface area contributed by atoms with Gasteiger partial charge in [0.15, 0.2) is 6.54 Å². The number of imide groups is 1. The van der Waals surface area contributed by atoms with E-state index in [-0.39, 0.29) is 24.5 Å². The minimum absolute atomic E-state index is 0.101. The Hall–Kier alpha value is -2.87. The maximum absolute atomic E-state index is 13.2. The number of aromatic nitrogens is 2. The van der Waals surface area contributed by atoms with E-state index >= 15 is 0 Å². The standard InChI is InChI=1S/C21H20BrN4O3/c1-3-13(2)26-20(27)16-9-4-5-10-17(16)25(21(26)28)12-18-23-19(24-29-18)14-7-6-8-15(22)11-14/h4-11,13,16H,3,12H2,1-2H3/q+1. The molecule has 8 heteroatoms. The lowest BCUT2D eigenvalue weighted by molar-refractivity contribution is -0.461. The van der Waals surface area contributed by atoms with Crippen LogP contribution in [0.5, 0.6) is 0 Å². The van der Waals surface area contributed by atoms with Crippen LogP contribution in [-0.2, 0) is 11.3 Å². The lowest BCUT2D eigenvalue weighted by atomic mass is 9.93. The number of hydrogen-bond acceptors (Lipinski definition) is 5. The molecule has 0 N–H and O–H groups in total. The molecule has 7 nitrogen and oxygen atoms in total. The van der Waals surface area contributed by atoms with Crippen LogP contribution in [0.1, 0.15) is 26.2 Å². The van der Waals surface area contributed by atoms with Crippen molar-refractivity contribution in [3.05, 3.63) is 58.9 Å². The zero-order valence-electron chi connectivity index (χ0n) is 16.1. The molecule has 4 rings (SSSR count). The zero-order valence-corrected chi connectivity index (χ0v) is 17.7. The van der Waals surface area contributed by atoms with E-state index < -0.39 is 5.92 Å². The number of amides is 3. The van der Waals surface area contributed by atoms with Gasteiger partial charge in [-0.1, -0.05) is 58.4 Å². The number of fused-ring (bicyclic) bond motifs is 1. The number of nitrogens with zero attached hydrogens (tertiary/aromatic N) is 4. The topological polar surface area (TPSA) is 79.3 Å². The Morgan fingerprint density at radius 3 is 2.90 bits per heavy atom. The Labute approximate surface area is 176 Å². The van der Waals surface area contributed by atoms with Crippen molar-refractivity contribution in [3.8, 4) is 11.4 Å². The van der Waals surface area contributed by atoms with Crippen molar-refractivity contribution in [2.75, 3.05) is 0 Å². The number of halogens is 1. The Kier molecular flexibility index (Phi) is 5.27. The van der Waals surface area contributed by atoms with Gasteiger partial charge in [-0.25, -0.2) is 4.79 Å². The summed E-state index contributed by atoms with van der Waals surface area (Å²) >= 11 is 3.43. The van der Waals surface area contributed by atoms with E-state index in [4.69, 9.17) is 4.52 Å². The van der Waals surface area contributed by atoms with E-state index in [2.05, 4.69) is 26.1 Å². The number of urea groups is 1. The summed E-state index contributed by atoms with van der Waals surface area (Å²) in [6.07, 6.45) is 7.93. The molecule has 0 saturated heterocycles. The third-order valence-corrected chi connectivity index (χ3v) is 5.62. The van der Waals surface area contributed by atoms with Crippen LogP contribution < -0.4 is 0 Å². The van der Waals surface area contributed by atoms with Crippen LogP contribution >= 0.6 is 15.9 Å². The lowest BCUT2D eigenvalue weighted by Crippen LogP contribution is -2.56. The maximum atomic E-state index is 13.2. The zero-order chi connectivity index (χ0) is 20.5. The second kappa shape index (κ2) is 7.87. The fourth-order valence-electron chi connectivity index (χ4n) is 3.43. The first-order chi connectivity index (χ1) is 14.0. The quantitative estimate of drug-likeness (QED) is 0.637. The van der Waals surface area contributed by atoms with Crippen LogP contribution in [0.25, 0.3) is 11.4 Å². The lowest BCUT2D eigenvalue weighted by Gasteiger charge is -2.29. The highest BCUT2D eigenvalue weighted by atomic mass is 79.9. The van der Waals surface area contributed by atoms with Gasteiger partial charge in [0.05, 0.1) is 0 Å².